The zero-order valence-electron chi connectivity index (χ0n) is 19.1. The Morgan fingerprint density at radius 1 is 0.735 bits per heavy atom. The molecule has 0 aliphatic rings. The van der Waals surface area contributed by atoms with Crippen LogP contribution in [0.1, 0.15) is 22.3 Å². The van der Waals surface area contributed by atoms with E-state index >= 15 is 0 Å². The number of aryl methyl sites for hydroxylation is 1. The Kier molecular flexibility index (Phi) is 7.41. The van der Waals surface area contributed by atoms with Gasteiger partial charge in [-0.2, -0.15) is 0 Å². The minimum Gasteiger partial charge on any atom is -0.269 e. The van der Waals surface area contributed by atoms with Crippen molar-refractivity contribution in [1.29, 1.82) is 0 Å². The number of allylic oxidation sites excluding steroid dienone is 2. The quantitative estimate of drug-likeness (QED) is 0.209. The first kappa shape index (κ1) is 23.3. The predicted molar refractivity (Wildman–Crippen MR) is 140 cm³/mol. The predicted octanol–water partition coefficient (Wildman–Crippen LogP) is 6.94. The number of benzene rings is 4. The van der Waals surface area contributed by atoms with E-state index < -0.39 is 10.0 Å². The van der Waals surface area contributed by atoms with Gasteiger partial charge in [-0.3, -0.25) is 4.31 Å². The maximum atomic E-state index is 13.6. The van der Waals surface area contributed by atoms with Crippen molar-refractivity contribution in [3.63, 3.8) is 0 Å². The molecule has 0 atom stereocenters. The Labute approximate surface area is 202 Å². The summed E-state index contributed by atoms with van der Waals surface area (Å²) in [5, 5.41) is 0. The number of sulfonamides is 1. The molecule has 0 heterocycles. The fraction of sp³-hybridized carbons (Fsp3) is 0.0667. The largest absolute Gasteiger partial charge is 0.269 e. The molecular formula is C30H27NO2S. The van der Waals surface area contributed by atoms with Crippen LogP contribution < -0.4 is 0 Å². The molecule has 0 aromatic heterocycles. The molecule has 0 bridgehead atoms. The smallest absolute Gasteiger partial charge is 0.264 e. The summed E-state index contributed by atoms with van der Waals surface area (Å²) in [5.74, 6) is 0. The first-order valence-corrected chi connectivity index (χ1v) is 12.6. The Morgan fingerprint density at radius 2 is 1.29 bits per heavy atom. The van der Waals surface area contributed by atoms with Gasteiger partial charge in [-0.05, 0) is 53.5 Å². The molecule has 0 amide bonds. The first-order valence-electron chi connectivity index (χ1n) is 11.2. The molecular weight excluding hydrogens is 438 g/mol. The van der Waals surface area contributed by atoms with Gasteiger partial charge < -0.3 is 0 Å². The monoisotopic (exact) mass is 465 g/mol. The Morgan fingerprint density at radius 3 is 1.91 bits per heavy atom. The lowest BCUT2D eigenvalue weighted by atomic mass is 10.0. The zero-order valence-corrected chi connectivity index (χ0v) is 19.9. The van der Waals surface area contributed by atoms with Gasteiger partial charge in [0.15, 0.2) is 0 Å². The van der Waals surface area contributed by atoms with Crippen molar-refractivity contribution in [3.05, 3.63) is 150 Å². The SMILES string of the molecule is Cc1ccc(S(=O)(=O)N(/C=C/C(=C/c2ccccc2)c2ccccc2)Cc2ccccc2)cc1. The second kappa shape index (κ2) is 10.8. The molecule has 170 valence electrons. The van der Waals surface area contributed by atoms with Crippen LogP contribution in [0.15, 0.2) is 132 Å². The number of rotatable bonds is 8. The minimum absolute atomic E-state index is 0.237. The third-order valence-electron chi connectivity index (χ3n) is 5.46. The van der Waals surface area contributed by atoms with Crippen LogP contribution in [-0.2, 0) is 16.6 Å². The van der Waals surface area contributed by atoms with E-state index in [-0.39, 0.29) is 11.4 Å². The standard InChI is InChI=1S/C30H27NO2S/c1-25-17-19-30(20-18-25)34(32,33)31(24-27-13-7-3-8-14-27)22-21-29(28-15-9-4-10-16-28)23-26-11-5-2-6-12-26/h2-23H,24H2,1H3/b22-21+,29-23-. The van der Waals surface area contributed by atoms with Crippen molar-refractivity contribution in [2.45, 2.75) is 18.4 Å². The van der Waals surface area contributed by atoms with Crippen LogP contribution in [0.4, 0.5) is 0 Å². The van der Waals surface area contributed by atoms with Crippen LogP contribution in [-0.4, -0.2) is 12.7 Å². The summed E-state index contributed by atoms with van der Waals surface area (Å²) in [6, 6.07) is 36.6. The number of hydrogen-bond donors (Lipinski definition) is 0. The van der Waals surface area contributed by atoms with Crippen molar-refractivity contribution < 1.29 is 8.42 Å². The van der Waals surface area contributed by atoms with Gasteiger partial charge in [0.1, 0.15) is 0 Å². The van der Waals surface area contributed by atoms with Gasteiger partial charge in [0.25, 0.3) is 10.0 Å². The van der Waals surface area contributed by atoms with Gasteiger partial charge in [-0.15, -0.1) is 0 Å². The van der Waals surface area contributed by atoms with Gasteiger partial charge in [0.2, 0.25) is 0 Å². The van der Waals surface area contributed by atoms with Crippen LogP contribution in [0.3, 0.4) is 0 Å². The summed E-state index contributed by atoms with van der Waals surface area (Å²) in [6.07, 6.45) is 5.60. The van der Waals surface area contributed by atoms with E-state index in [1.807, 2.05) is 116 Å². The summed E-state index contributed by atoms with van der Waals surface area (Å²) >= 11 is 0. The lowest BCUT2D eigenvalue weighted by Crippen LogP contribution is -2.25. The van der Waals surface area contributed by atoms with Crippen LogP contribution in [0.2, 0.25) is 0 Å². The van der Waals surface area contributed by atoms with Crippen molar-refractivity contribution in [3.8, 4) is 0 Å². The molecule has 4 rings (SSSR count). The molecule has 0 radical (unpaired) electrons. The van der Waals surface area contributed by atoms with E-state index in [1.54, 1.807) is 18.3 Å². The molecule has 4 aromatic rings. The molecule has 4 heteroatoms. The maximum absolute atomic E-state index is 13.6. The lowest BCUT2D eigenvalue weighted by molar-refractivity contribution is 0.495. The molecule has 0 fully saturated rings. The molecule has 34 heavy (non-hydrogen) atoms. The van der Waals surface area contributed by atoms with E-state index in [0.717, 1.165) is 27.8 Å². The number of nitrogens with zero attached hydrogens (tertiary/aromatic N) is 1. The third kappa shape index (κ3) is 5.91. The van der Waals surface area contributed by atoms with Gasteiger partial charge >= 0.3 is 0 Å². The van der Waals surface area contributed by atoms with E-state index in [4.69, 9.17) is 0 Å². The molecule has 0 saturated carbocycles. The molecule has 0 aliphatic heterocycles. The van der Waals surface area contributed by atoms with Crippen LogP contribution in [0.5, 0.6) is 0 Å². The number of hydrogen-bond acceptors (Lipinski definition) is 2. The van der Waals surface area contributed by atoms with Crippen LogP contribution >= 0.6 is 0 Å². The van der Waals surface area contributed by atoms with E-state index in [2.05, 4.69) is 6.08 Å². The molecule has 0 N–H and O–H groups in total. The summed E-state index contributed by atoms with van der Waals surface area (Å²) in [7, 11) is -3.75. The molecule has 4 aromatic carbocycles. The molecule has 3 nitrogen and oxygen atoms in total. The van der Waals surface area contributed by atoms with Gasteiger partial charge in [-0.25, -0.2) is 8.42 Å². The summed E-state index contributed by atoms with van der Waals surface area (Å²) in [4.78, 5) is 0.270. The Hall–Kier alpha value is -3.89. The minimum atomic E-state index is -3.75. The lowest BCUT2D eigenvalue weighted by Gasteiger charge is -2.21. The molecule has 0 spiro atoms. The van der Waals surface area contributed by atoms with Gasteiger partial charge in [-0.1, -0.05) is 109 Å². The third-order valence-corrected chi connectivity index (χ3v) is 7.19. The van der Waals surface area contributed by atoms with Crippen molar-refractivity contribution in [2.24, 2.45) is 0 Å². The zero-order chi connectivity index (χ0) is 23.8. The average Bonchev–Trinajstić information content (AvgIpc) is 2.87. The highest BCUT2D eigenvalue weighted by Crippen LogP contribution is 2.23. The summed E-state index contributed by atoms with van der Waals surface area (Å²) < 4.78 is 28.6. The van der Waals surface area contributed by atoms with Crippen molar-refractivity contribution in [2.75, 3.05) is 0 Å². The van der Waals surface area contributed by atoms with Crippen molar-refractivity contribution >= 4 is 21.7 Å². The average molecular weight is 466 g/mol. The summed E-state index contributed by atoms with van der Waals surface area (Å²) in [6.45, 7) is 2.18. The molecule has 0 aliphatic carbocycles. The second-order valence-electron chi connectivity index (χ2n) is 8.04. The van der Waals surface area contributed by atoms with E-state index in [1.165, 1.54) is 4.31 Å². The van der Waals surface area contributed by atoms with Crippen molar-refractivity contribution in [1.82, 2.24) is 4.31 Å². The summed E-state index contributed by atoms with van der Waals surface area (Å²) in [5.41, 5.74) is 4.90. The fourth-order valence-corrected chi connectivity index (χ4v) is 4.87. The van der Waals surface area contributed by atoms with E-state index in [9.17, 15) is 8.42 Å². The van der Waals surface area contributed by atoms with Crippen LogP contribution in [0.25, 0.3) is 11.6 Å². The maximum Gasteiger partial charge on any atom is 0.264 e. The van der Waals surface area contributed by atoms with Gasteiger partial charge in [0, 0.05) is 6.20 Å². The Balaban J connectivity index is 1.76. The molecule has 0 unspecified atom stereocenters. The van der Waals surface area contributed by atoms with Gasteiger partial charge in [0.05, 0.1) is 11.4 Å². The highest BCUT2D eigenvalue weighted by atomic mass is 32.2. The van der Waals surface area contributed by atoms with E-state index in [0.29, 0.717) is 0 Å². The fourth-order valence-electron chi connectivity index (χ4n) is 3.58. The first-order chi connectivity index (χ1) is 16.5. The Bertz CT molecular complexity index is 1360. The topological polar surface area (TPSA) is 37.4 Å². The molecule has 0 saturated heterocycles. The van der Waals surface area contributed by atoms with Crippen LogP contribution in [0, 0.1) is 6.92 Å². The normalized spacial score (nSPS) is 12.1. The highest BCUT2D eigenvalue weighted by molar-refractivity contribution is 7.89. The highest BCUT2D eigenvalue weighted by Gasteiger charge is 2.21. The second-order valence-corrected chi connectivity index (χ2v) is 9.93.